The summed E-state index contributed by atoms with van der Waals surface area (Å²) in [6, 6.07) is 6.07. The molecule has 1 heterocycles. The van der Waals surface area contributed by atoms with E-state index in [4.69, 9.17) is 9.47 Å². The van der Waals surface area contributed by atoms with Gasteiger partial charge in [-0.3, -0.25) is 4.90 Å². The summed E-state index contributed by atoms with van der Waals surface area (Å²) >= 11 is 0. The Morgan fingerprint density at radius 2 is 2.04 bits per heavy atom. The van der Waals surface area contributed by atoms with E-state index >= 15 is 0 Å². The average molecular weight is 337 g/mol. The summed E-state index contributed by atoms with van der Waals surface area (Å²) in [4.78, 5) is 14.7. The van der Waals surface area contributed by atoms with Crippen LogP contribution >= 0.6 is 0 Å². The zero-order chi connectivity index (χ0) is 17.5. The van der Waals surface area contributed by atoms with Gasteiger partial charge in [-0.25, -0.2) is 4.79 Å². The van der Waals surface area contributed by atoms with Gasteiger partial charge >= 0.3 is 6.09 Å². The summed E-state index contributed by atoms with van der Waals surface area (Å²) in [7, 11) is 0. The average Bonchev–Trinajstić information content (AvgIpc) is 2.56. The Morgan fingerprint density at radius 1 is 1.33 bits per heavy atom. The molecule has 0 aromatic heterocycles. The second-order valence-corrected chi connectivity index (χ2v) is 6.37. The minimum Gasteiger partial charge on any atom is -0.490 e. The highest BCUT2D eigenvalue weighted by molar-refractivity contribution is 5.67. The van der Waals surface area contributed by atoms with Crippen molar-refractivity contribution in [3.63, 3.8) is 0 Å². The number of aryl methyl sites for hydroxylation is 2. The number of quaternary nitrogens is 1. The topological polar surface area (TPSA) is 63.4 Å². The maximum Gasteiger partial charge on any atom is 0.410 e. The monoisotopic (exact) mass is 337 g/mol. The third kappa shape index (κ3) is 5.39. The number of nitrogens with one attached hydrogen (secondary N) is 1. The summed E-state index contributed by atoms with van der Waals surface area (Å²) in [6.45, 7) is 10.1. The Hall–Kier alpha value is -1.79. The van der Waals surface area contributed by atoms with Crippen molar-refractivity contribution in [2.75, 3.05) is 45.9 Å². The number of rotatable bonds is 6. The van der Waals surface area contributed by atoms with Crippen LogP contribution in [0.2, 0.25) is 0 Å². The standard InChI is InChI=1S/C18H28N2O4/c1-4-23-18(22)20-9-7-19(8-10-20)12-16(21)13-24-17-11-14(2)5-6-15(17)3/h5-6,11,16,21H,4,7-10,12-13H2,1-3H3/p+1. The molecule has 1 atom stereocenters. The number of benzene rings is 1. The molecule has 1 saturated heterocycles. The number of carbonyl (C=O) groups excluding carboxylic acids is 1. The Balaban J connectivity index is 1.72. The zero-order valence-electron chi connectivity index (χ0n) is 14.9. The molecule has 1 fully saturated rings. The summed E-state index contributed by atoms with van der Waals surface area (Å²) in [6.07, 6.45) is -0.760. The van der Waals surface area contributed by atoms with Crippen LogP contribution in [0, 0.1) is 13.8 Å². The molecule has 2 rings (SSSR count). The highest BCUT2D eigenvalue weighted by atomic mass is 16.6. The lowest BCUT2D eigenvalue weighted by Gasteiger charge is -2.32. The van der Waals surface area contributed by atoms with E-state index in [1.165, 1.54) is 4.90 Å². The lowest BCUT2D eigenvalue weighted by atomic mass is 10.1. The Bertz CT molecular complexity index is 542. The van der Waals surface area contributed by atoms with E-state index in [1.54, 1.807) is 4.90 Å². The van der Waals surface area contributed by atoms with Crippen LogP contribution in [0.25, 0.3) is 0 Å². The Morgan fingerprint density at radius 3 is 2.71 bits per heavy atom. The molecule has 6 nitrogen and oxygen atoms in total. The van der Waals surface area contributed by atoms with E-state index in [0.29, 0.717) is 26.2 Å². The van der Waals surface area contributed by atoms with Crippen LogP contribution in [-0.4, -0.2) is 68.1 Å². The first kappa shape index (κ1) is 18.5. The Kier molecular flexibility index (Phi) is 6.87. The third-order valence-corrected chi connectivity index (χ3v) is 4.30. The van der Waals surface area contributed by atoms with Crippen molar-refractivity contribution in [2.24, 2.45) is 0 Å². The van der Waals surface area contributed by atoms with Crippen molar-refractivity contribution in [1.82, 2.24) is 4.90 Å². The smallest absolute Gasteiger partial charge is 0.410 e. The first-order valence-corrected chi connectivity index (χ1v) is 8.63. The highest BCUT2D eigenvalue weighted by Crippen LogP contribution is 2.19. The number of hydrogen-bond donors (Lipinski definition) is 2. The van der Waals surface area contributed by atoms with E-state index < -0.39 is 6.10 Å². The van der Waals surface area contributed by atoms with Crippen LogP contribution in [0.15, 0.2) is 18.2 Å². The molecular weight excluding hydrogens is 308 g/mol. The van der Waals surface area contributed by atoms with Crippen LogP contribution in [0.1, 0.15) is 18.1 Å². The van der Waals surface area contributed by atoms with Crippen LogP contribution in [-0.2, 0) is 4.74 Å². The largest absolute Gasteiger partial charge is 0.490 e. The minimum absolute atomic E-state index is 0.240. The van der Waals surface area contributed by atoms with Crippen molar-refractivity contribution < 1.29 is 24.3 Å². The first-order chi connectivity index (χ1) is 11.5. The van der Waals surface area contributed by atoms with Gasteiger partial charge in [-0.05, 0) is 38.0 Å². The van der Waals surface area contributed by atoms with Crippen molar-refractivity contribution in [1.29, 1.82) is 0 Å². The van der Waals surface area contributed by atoms with Gasteiger partial charge in [-0.15, -0.1) is 0 Å². The van der Waals surface area contributed by atoms with Crippen LogP contribution in [0.3, 0.4) is 0 Å². The molecule has 1 unspecified atom stereocenters. The molecule has 0 bridgehead atoms. The van der Waals surface area contributed by atoms with E-state index in [9.17, 15) is 9.90 Å². The minimum atomic E-state index is -0.519. The number of ether oxygens (including phenoxy) is 2. The van der Waals surface area contributed by atoms with Gasteiger partial charge in [-0.1, -0.05) is 12.1 Å². The molecule has 2 N–H and O–H groups in total. The normalized spacial score (nSPS) is 16.8. The third-order valence-electron chi connectivity index (χ3n) is 4.30. The van der Waals surface area contributed by atoms with Gasteiger partial charge in [0, 0.05) is 0 Å². The number of nitrogens with zero attached hydrogens (tertiary/aromatic N) is 1. The highest BCUT2D eigenvalue weighted by Gasteiger charge is 2.26. The van der Waals surface area contributed by atoms with Crippen LogP contribution in [0.4, 0.5) is 4.79 Å². The van der Waals surface area contributed by atoms with Gasteiger partial charge in [0.15, 0.2) is 0 Å². The summed E-state index contributed by atoms with van der Waals surface area (Å²) in [5, 5.41) is 10.2. The maximum atomic E-state index is 11.7. The van der Waals surface area contributed by atoms with Gasteiger partial charge in [0.2, 0.25) is 0 Å². The quantitative estimate of drug-likeness (QED) is 0.789. The predicted octanol–water partition coefficient (Wildman–Crippen LogP) is 0.400. The van der Waals surface area contributed by atoms with Crippen molar-refractivity contribution in [3.05, 3.63) is 29.3 Å². The SMILES string of the molecule is CCOC(=O)N1CC[NH+](CC(O)COc2cc(C)ccc2C)CC1. The fourth-order valence-electron chi connectivity index (χ4n) is 2.87. The molecule has 1 aromatic rings. The molecule has 6 heteroatoms. The van der Waals surface area contributed by atoms with Crippen LogP contribution < -0.4 is 9.64 Å². The summed E-state index contributed by atoms with van der Waals surface area (Å²) in [5.41, 5.74) is 2.22. The summed E-state index contributed by atoms with van der Waals surface area (Å²) < 4.78 is 10.8. The van der Waals surface area contributed by atoms with Crippen molar-refractivity contribution in [2.45, 2.75) is 26.9 Å². The number of aliphatic hydroxyl groups is 1. The fraction of sp³-hybridized carbons (Fsp3) is 0.611. The van der Waals surface area contributed by atoms with Crippen molar-refractivity contribution in [3.8, 4) is 5.75 Å². The van der Waals surface area contributed by atoms with E-state index in [1.807, 2.05) is 39.0 Å². The molecule has 1 aromatic carbocycles. The second-order valence-electron chi connectivity index (χ2n) is 6.37. The zero-order valence-corrected chi connectivity index (χ0v) is 14.9. The molecule has 1 amide bonds. The fourth-order valence-corrected chi connectivity index (χ4v) is 2.87. The van der Waals surface area contributed by atoms with Gasteiger partial charge in [0.05, 0.1) is 32.8 Å². The van der Waals surface area contributed by atoms with E-state index in [0.717, 1.165) is 30.0 Å². The number of amides is 1. The molecular formula is C18H29N2O4+. The molecule has 1 aliphatic rings. The molecule has 0 saturated carbocycles. The van der Waals surface area contributed by atoms with Crippen molar-refractivity contribution >= 4 is 6.09 Å². The lowest BCUT2D eigenvalue weighted by Crippen LogP contribution is -3.16. The molecule has 1 aliphatic heterocycles. The number of piperazine rings is 1. The van der Waals surface area contributed by atoms with Gasteiger partial charge in [0.25, 0.3) is 0 Å². The molecule has 0 spiro atoms. The van der Waals surface area contributed by atoms with Gasteiger partial charge in [-0.2, -0.15) is 0 Å². The number of aliphatic hydroxyl groups excluding tert-OH is 1. The molecule has 134 valence electrons. The molecule has 0 radical (unpaired) electrons. The Labute approximate surface area is 144 Å². The number of carbonyl (C=O) groups is 1. The predicted molar refractivity (Wildman–Crippen MR) is 91.6 cm³/mol. The molecule has 24 heavy (non-hydrogen) atoms. The van der Waals surface area contributed by atoms with Gasteiger partial charge in [0.1, 0.15) is 25.0 Å². The summed E-state index contributed by atoms with van der Waals surface area (Å²) in [5.74, 6) is 0.830. The maximum absolute atomic E-state index is 11.7. The van der Waals surface area contributed by atoms with E-state index in [2.05, 4.69) is 0 Å². The number of hydrogen-bond acceptors (Lipinski definition) is 4. The lowest BCUT2D eigenvalue weighted by molar-refractivity contribution is -0.907. The van der Waals surface area contributed by atoms with Crippen LogP contribution in [0.5, 0.6) is 5.75 Å². The molecule has 0 aliphatic carbocycles. The van der Waals surface area contributed by atoms with E-state index in [-0.39, 0.29) is 12.7 Å². The second kappa shape index (κ2) is 8.89. The van der Waals surface area contributed by atoms with Gasteiger partial charge < -0.3 is 19.5 Å². The first-order valence-electron chi connectivity index (χ1n) is 8.63.